The summed E-state index contributed by atoms with van der Waals surface area (Å²) in [6, 6.07) is 0. The van der Waals surface area contributed by atoms with E-state index >= 15 is 0 Å². The van der Waals surface area contributed by atoms with Gasteiger partial charge in [0.25, 0.3) is 0 Å². The van der Waals surface area contributed by atoms with Crippen LogP contribution in [0.4, 0.5) is 0 Å². The molecular formula is H5NaO3Te. The van der Waals surface area contributed by atoms with Crippen molar-refractivity contribution in [2.24, 2.45) is 0 Å². The van der Waals surface area contributed by atoms with Crippen LogP contribution < -0.4 is 0 Å². The third-order valence-corrected chi connectivity index (χ3v) is 0. The Hall–Kier alpha value is 1.51. The van der Waals surface area contributed by atoms with Crippen LogP contribution in [-0.4, -0.2) is 62.8 Å². The zero-order chi connectivity index (χ0) is 2.00. The van der Waals surface area contributed by atoms with E-state index in [1.165, 1.54) is 0 Å². The second-order valence-corrected chi connectivity index (χ2v) is 0. The van der Waals surface area contributed by atoms with Crippen molar-refractivity contribution < 1.29 is 14.1 Å². The molecule has 30 valence electrons. The molecule has 5 heavy (non-hydrogen) atoms. The first-order chi connectivity index (χ1) is 1.00. The average Bonchev–Trinajstić information content (AvgIpc) is 1.00. The Kier molecular flexibility index (Phi) is 309. The Morgan fingerprint density at radius 1 is 1.00 bits per heavy atom. The van der Waals surface area contributed by atoms with Crippen LogP contribution in [0.15, 0.2) is 0 Å². The number of hydrogen-bond acceptors (Lipinski definition) is 1. The summed E-state index contributed by atoms with van der Waals surface area (Å²) in [5.41, 5.74) is 0. The molecule has 0 saturated heterocycles. The summed E-state index contributed by atoms with van der Waals surface area (Å²) >= 11 is 0.700. The molecule has 5 heteroatoms. The molecule has 0 heterocycles. The summed E-state index contributed by atoms with van der Waals surface area (Å²) in [4.78, 5) is 0. The van der Waals surface area contributed by atoms with Crippen LogP contribution in [-0.2, 0) is 3.10 Å². The molecule has 0 aliphatic heterocycles. The van der Waals surface area contributed by atoms with E-state index in [1.807, 2.05) is 0 Å². The van der Waals surface area contributed by atoms with Crippen molar-refractivity contribution in [3.63, 3.8) is 0 Å². The topological polar surface area (TPSA) is 80.1 Å². The fourth-order valence-electron chi connectivity index (χ4n) is 0. The molecule has 0 atom stereocenters. The Labute approximate surface area is 65.3 Å². The second kappa shape index (κ2) is 49.2. The standard InChI is InChI=1S/Na.OTe.2H2O.H/c;1-2;;;/h;;2*1H2;. The van der Waals surface area contributed by atoms with Crippen LogP contribution >= 0.6 is 0 Å². The first-order valence-electron chi connectivity index (χ1n) is 0.167. The molecule has 0 radical (unpaired) electrons. The van der Waals surface area contributed by atoms with Crippen molar-refractivity contribution in [2.75, 3.05) is 0 Å². The van der Waals surface area contributed by atoms with E-state index in [2.05, 4.69) is 0 Å². The first kappa shape index (κ1) is 31.4. The maximum absolute atomic E-state index is 8.26. The predicted molar refractivity (Wildman–Crippen MR) is 20.8 cm³/mol. The molecule has 0 amide bonds. The van der Waals surface area contributed by atoms with E-state index in [4.69, 9.17) is 3.10 Å². The SMILES string of the molecule is O.O.O=[Te].[NaH]. The van der Waals surface area contributed by atoms with Crippen LogP contribution in [0.25, 0.3) is 0 Å². The summed E-state index contributed by atoms with van der Waals surface area (Å²) in [5, 5.41) is 0. The summed E-state index contributed by atoms with van der Waals surface area (Å²) in [6.07, 6.45) is 0. The van der Waals surface area contributed by atoms with Gasteiger partial charge in [0.1, 0.15) is 0 Å². The molecule has 0 aromatic carbocycles. The molecule has 0 aromatic rings. The molecule has 0 rings (SSSR count). The van der Waals surface area contributed by atoms with Crippen LogP contribution in [0.3, 0.4) is 0 Å². The van der Waals surface area contributed by atoms with Crippen molar-refractivity contribution in [2.45, 2.75) is 0 Å². The van der Waals surface area contributed by atoms with Gasteiger partial charge in [-0.3, -0.25) is 0 Å². The van der Waals surface area contributed by atoms with Gasteiger partial charge in [-0.15, -0.1) is 0 Å². The van der Waals surface area contributed by atoms with Crippen molar-refractivity contribution in [1.82, 2.24) is 0 Å². The van der Waals surface area contributed by atoms with Crippen LogP contribution in [0.2, 0.25) is 0 Å². The van der Waals surface area contributed by atoms with E-state index < -0.39 is 0 Å². The molecule has 0 aliphatic carbocycles. The van der Waals surface area contributed by atoms with Crippen LogP contribution in [0.5, 0.6) is 0 Å². The molecule has 0 saturated carbocycles. The van der Waals surface area contributed by atoms with E-state index in [1.54, 1.807) is 0 Å². The van der Waals surface area contributed by atoms with Gasteiger partial charge in [0.15, 0.2) is 0 Å². The zero-order valence-corrected chi connectivity index (χ0v) is 4.15. The van der Waals surface area contributed by atoms with Gasteiger partial charge in [-0.25, -0.2) is 0 Å². The summed E-state index contributed by atoms with van der Waals surface area (Å²) in [5.74, 6) is 0. The quantitative estimate of drug-likeness (QED) is 0.392. The number of hydrogen-bond donors (Lipinski definition) is 0. The van der Waals surface area contributed by atoms with E-state index in [9.17, 15) is 0 Å². The number of rotatable bonds is 0. The molecule has 0 spiro atoms. The van der Waals surface area contributed by atoms with Crippen molar-refractivity contribution in [1.29, 1.82) is 0 Å². The van der Waals surface area contributed by atoms with E-state index in [0.29, 0.717) is 22.3 Å². The average molecular weight is 204 g/mol. The minimum absolute atomic E-state index is 0. The monoisotopic (exact) mass is 206 g/mol. The molecule has 3 nitrogen and oxygen atoms in total. The predicted octanol–water partition coefficient (Wildman–Crippen LogP) is -2.80. The summed E-state index contributed by atoms with van der Waals surface area (Å²) in [7, 11) is 0. The molecule has 4 N–H and O–H groups in total. The maximum atomic E-state index is 8.26. The summed E-state index contributed by atoms with van der Waals surface area (Å²) in [6.45, 7) is 0. The first-order valence-corrected chi connectivity index (χ1v) is 1.12. The third kappa shape index (κ3) is 29.8. The van der Waals surface area contributed by atoms with Crippen LogP contribution in [0, 0.1) is 0 Å². The van der Waals surface area contributed by atoms with Gasteiger partial charge < -0.3 is 11.0 Å². The Morgan fingerprint density at radius 2 is 1.00 bits per heavy atom. The molecular weight excluding hydrogens is 199 g/mol. The minimum atomic E-state index is 0. The molecule has 0 bridgehead atoms. The van der Waals surface area contributed by atoms with Gasteiger partial charge in [0.05, 0.1) is 0 Å². The second-order valence-electron chi connectivity index (χ2n) is 0. The fourth-order valence-corrected chi connectivity index (χ4v) is 0. The Bertz CT molecular complexity index is 6.85. The van der Waals surface area contributed by atoms with Gasteiger partial charge in [-0.2, -0.15) is 0 Å². The van der Waals surface area contributed by atoms with Crippen LogP contribution in [0.1, 0.15) is 0 Å². The third-order valence-electron chi connectivity index (χ3n) is 0. The van der Waals surface area contributed by atoms with E-state index in [-0.39, 0.29) is 40.5 Å². The van der Waals surface area contributed by atoms with Crippen molar-refractivity contribution >= 4 is 51.8 Å². The van der Waals surface area contributed by atoms with Crippen molar-refractivity contribution in [3.05, 3.63) is 0 Å². The van der Waals surface area contributed by atoms with E-state index in [0.717, 1.165) is 0 Å². The zero-order valence-electron chi connectivity index (χ0n) is 1.82. The molecule has 0 aromatic heterocycles. The van der Waals surface area contributed by atoms with Gasteiger partial charge in [0, 0.05) is 0 Å². The van der Waals surface area contributed by atoms with Gasteiger partial charge in [-0.05, 0) is 0 Å². The van der Waals surface area contributed by atoms with Gasteiger partial charge in [-0.1, -0.05) is 0 Å². The molecule has 0 unspecified atom stereocenters. The fraction of sp³-hybridized carbons (Fsp3) is 0. The Morgan fingerprint density at radius 3 is 1.00 bits per heavy atom. The normalized spacial score (nSPS) is 0.800. The van der Waals surface area contributed by atoms with Crippen molar-refractivity contribution in [3.8, 4) is 0 Å². The summed E-state index contributed by atoms with van der Waals surface area (Å²) < 4.78 is 8.26. The molecule has 0 aliphatic rings. The van der Waals surface area contributed by atoms with Gasteiger partial charge >= 0.3 is 54.9 Å². The van der Waals surface area contributed by atoms with Gasteiger partial charge in [0.2, 0.25) is 0 Å². The molecule has 0 fully saturated rings. The Balaban J connectivity index is -0.00000000167.